The first-order valence-electron chi connectivity index (χ1n) is 20.6. The summed E-state index contributed by atoms with van der Waals surface area (Å²) in [4.78, 5) is 2.42. The third-order valence-corrected chi connectivity index (χ3v) is 11.8. The van der Waals surface area contributed by atoms with Gasteiger partial charge in [0.25, 0.3) is 0 Å². The van der Waals surface area contributed by atoms with Crippen LogP contribution in [0, 0.1) is 0 Å². The molecule has 0 radical (unpaired) electrons. The summed E-state index contributed by atoms with van der Waals surface area (Å²) in [6.45, 7) is 0. The Morgan fingerprint density at radius 2 is 0.850 bits per heavy atom. The average molecular weight is 765 g/mol. The Hall–Kier alpha value is -7.94. The predicted molar refractivity (Wildman–Crippen MR) is 255 cm³/mol. The molecule has 0 fully saturated rings. The molecular weight excluding hydrogens is 725 g/mol. The van der Waals surface area contributed by atoms with Crippen LogP contribution in [0.2, 0.25) is 0 Å². The molecule has 2 heteroatoms. The maximum atomic E-state index is 2.47. The smallest absolute Gasteiger partial charge is 0.0562 e. The third kappa shape index (κ3) is 6.23. The van der Waals surface area contributed by atoms with E-state index in [0.29, 0.717) is 0 Å². The van der Waals surface area contributed by atoms with Gasteiger partial charge >= 0.3 is 0 Å². The summed E-state index contributed by atoms with van der Waals surface area (Å²) in [6, 6.07) is 88.0. The summed E-state index contributed by atoms with van der Waals surface area (Å²) >= 11 is 0. The van der Waals surface area contributed by atoms with Crippen LogP contribution < -0.4 is 4.90 Å². The van der Waals surface area contributed by atoms with Crippen molar-refractivity contribution in [1.29, 1.82) is 0 Å². The maximum absolute atomic E-state index is 2.47. The van der Waals surface area contributed by atoms with E-state index in [9.17, 15) is 0 Å². The van der Waals surface area contributed by atoms with Crippen molar-refractivity contribution < 1.29 is 0 Å². The Bertz CT molecular complexity index is 3290. The molecule has 0 N–H and O–H groups in total. The summed E-state index contributed by atoms with van der Waals surface area (Å²) in [5, 5.41) is 4.92. The van der Waals surface area contributed by atoms with Crippen molar-refractivity contribution in [3.8, 4) is 50.2 Å². The van der Waals surface area contributed by atoms with Gasteiger partial charge in [0.05, 0.1) is 22.4 Å². The van der Waals surface area contributed by atoms with Gasteiger partial charge in [0.15, 0.2) is 0 Å². The van der Waals surface area contributed by atoms with E-state index in [-0.39, 0.29) is 0 Å². The van der Waals surface area contributed by atoms with E-state index in [1.54, 1.807) is 0 Å². The van der Waals surface area contributed by atoms with Crippen molar-refractivity contribution in [2.45, 2.75) is 0 Å². The summed E-state index contributed by atoms with van der Waals surface area (Å²) in [7, 11) is 0. The van der Waals surface area contributed by atoms with Crippen LogP contribution in [0.25, 0.3) is 82.8 Å². The molecule has 2 nitrogen and oxygen atoms in total. The topological polar surface area (TPSA) is 8.17 Å². The number of aromatic nitrogens is 1. The van der Waals surface area contributed by atoms with Crippen LogP contribution in [-0.2, 0) is 0 Å². The number of benzene rings is 10. The van der Waals surface area contributed by atoms with E-state index in [2.05, 4.69) is 252 Å². The fraction of sp³-hybridized carbons (Fsp3) is 0. The minimum Gasteiger partial charge on any atom is -0.310 e. The standard InChI is InChI=1S/C58H40N2/c1-5-18-41(19-6-1)45-32-36-57(53(38-45)43-20-7-2-8-21-43)60-55-31-16-15-29-51(55)52-35-34-48(40-58(52)60)59(47-26-11-4-12-27-47)56-37-33-46(39-54(56)44-22-9-3-10-23-44)50-30-17-25-42-24-13-14-28-49(42)50/h1-40H. The van der Waals surface area contributed by atoms with Gasteiger partial charge in [-0.25, -0.2) is 0 Å². The van der Waals surface area contributed by atoms with E-state index in [0.717, 1.165) is 39.4 Å². The Labute approximate surface area is 350 Å². The van der Waals surface area contributed by atoms with Crippen molar-refractivity contribution in [1.82, 2.24) is 4.57 Å². The molecule has 0 amide bonds. The number of hydrogen-bond donors (Lipinski definition) is 0. The molecule has 60 heavy (non-hydrogen) atoms. The van der Waals surface area contributed by atoms with Gasteiger partial charge in [-0.3, -0.25) is 0 Å². The van der Waals surface area contributed by atoms with Gasteiger partial charge in [0, 0.05) is 33.3 Å². The van der Waals surface area contributed by atoms with Gasteiger partial charge in [-0.1, -0.05) is 188 Å². The highest BCUT2D eigenvalue weighted by molar-refractivity contribution is 6.11. The lowest BCUT2D eigenvalue weighted by atomic mass is 9.93. The number of rotatable bonds is 8. The quantitative estimate of drug-likeness (QED) is 0.150. The van der Waals surface area contributed by atoms with Crippen LogP contribution in [-0.4, -0.2) is 4.57 Å². The van der Waals surface area contributed by atoms with Crippen LogP contribution in [0.15, 0.2) is 243 Å². The molecule has 1 heterocycles. The zero-order valence-corrected chi connectivity index (χ0v) is 33.0. The van der Waals surface area contributed by atoms with E-state index in [1.165, 1.54) is 60.4 Å². The summed E-state index contributed by atoms with van der Waals surface area (Å²) in [5.41, 5.74) is 16.2. The molecule has 11 rings (SSSR count). The third-order valence-electron chi connectivity index (χ3n) is 11.8. The highest BCUT2D eigenvalue weighted by atomic mass is 15.1. The van der Waals surface area contributed by atoms with Crippen LogP contribution in [0.4, 0.5) is 17.1 Å². The second-order valence-corrected chi connectivity index (χ2v) is 15.3. The van der Waals surface area contributed by atoms with E-state index >= 15 is 0 Å². The Morgan fingerprint density at radius 1 is 0.283 bits per heavy atom. The van der Waals surface area contributed by atoms with E-state index < -0.39 is 0 Å². The Morgan fingerprint density at radius 3 is 1.60 bits per heavy atom. The molecule has 0 spiro atoms. The molecular formula is C58H40N2. The van der Waals surface area contributed by atoms with Gasteiger partial charge in [-0.05, 0) is 98.8 Å². The number of para-hydroxylation sites is 2. The van der Waals surface area contributed by atoms with Crippen LogP contribution in [0.5, 0.6) is 0 Å². The minimum atomic E-state index is 1.08. The molecule has 1 aromatic heterocycles. The summed E-state index contributed by atoms with van der Waals surface area (Å²) < 4.78 is 2.47. The van der Waals surface area contributed by atoms with Gasteiger partial charge in [0.1, 0.15) is 0 Å². The Balaban J connectivity index is 1.16. The van der Waals surface area contributed by atoms with Crippen molar-refractivity contribution in [3.05, 3.63) is 243 Å². The maximum Gasteiger partial charge on any atom is 0.0562 e. The normalized spacial score (nSPS) is 11.3. The lowest BCUT2D eigenvalue weighted by molar-refractivity contribution is 1.18. The monoisotopic (exact) mass is 764 g/mol. The fourth-order valence-electron chi connectivity index (χ4n) is 8.98. The molecule has 11 aromatic rings. The molecule has 0 saturated heterocycles. The van der Waals surface area contributed by atoms with Crippen molar-refractivity contribution in [2.24, 2.45) is 0 Å². The van der Waals surface area contributed by atoms with Crippen molar-refractivity contribution in [2.75, 3.05) is 4.90 Å². The van der Waals surface area contributed by atoms with Gasteiger partial charge < -0.3 is 9.47 Å². The highest BCUT2D eigenvalue weighted by Crippen LogP contribution is 2.46. The molecule has 282 valence electrons. The van der Waals surface area contributed by atoms with Gasteiger partial charge in [-0.2, -0.15) is 0 Å². The van der Waals surface area contributed by atoms with Crippen LogP contribution in [0.3, 0.4) is 0 Å². The molecule has 0 aliphatic rings. The van der Waals surface area contributed by atoms with Crippen molar-refractivity contribution >= 4 is 49.6 Å². The highest BCUT2D eigenvalue weighted by Gasteiger charge is 2.22. The van der Waals surface area contributed by atoms with E-state index in [1.807, 2.05) is 0 Å². The number of anilines is 3. The molecule has 0 aliphatic carbocycles. The molecule has 0 atom stereocenters. The summed E-state index contributed by atoms with van der Waals surface area (Å²) in [6.07, 6.45) is 0. The number of fused-ring (bicyclic) bond motifs is 4. The lowest BCUT2D eigenvalue weighted by Crippen LogP contribution is -2.11. The molecule has 0 unspecified atom stereocenters. The zero-order valence-electron chi connectivity index (χ0n) is 33.0. The van der Waals surface area contributed by atoms with Crippen molar-refractivity contribution in [3.63, 3.8) is 0 Å². The van der Waals surface area contributed by atoms with E-state index in [4.69, 9.17) is 0 Å². The second kappa shape index (κ2) is 15.1. The molecule has 0 bridgehead atoms. The Kier molecular flexibility index (Phi) is 8.87. The van der Waals surface area contributed by atoms with Gasteiger partial charge in [0.2, 0.25) is 0 Å². The van der Waals surface area contributed by atoms with Crippen LogP contribution >= 0.6 is 0 Å². The van der Waals surface area contributed by atoms with Crippen LogP contribution in [0.1, 0.15) is 0 Å². The molecule has 10 aromatic carbocycles. The second-order valence-electron chi connectivity index (χ2n) is 15.3. The predicted octanol–water partition coefficient (Wildman–Crippen LogP) is 16.1. The molecule has 0 saturated carbocycles. The number of nitrogens with zero attached hydrogens (tertiary/aromatic N) is 2. The average Bonchev–Trinajstić information content (AvgIpc) is 3.66. The first kappa shape index (κ1) is 35.2. The molecule has 0 aliphatic heterocycles. The minimum absolute atomic E-state index is 1.08. The first-order valence-corrected chi connectivity index (χ1v) is 20.6. The SMILES string of the molecule is c1ccc(-c2ccc(-n3c4ccccc4c4ccc(N(c5ccccc5)c5ccc(-c6cccc7ccccc67)cc5-c5ccccc5)cc43)c(-c3ccccc3)c2)cc1. The lowest BCUT2D eigenvalue weighted by Gasteiger charge is -2.29. The fourth-order valence-corrected chi connectivity index (χ4v) is 8.98. The number of hydrogen-bond acceptors (Lipinski definition) is 1. The summed E-state index contributed by atoms with van der Waals surface area (Å²) in [5.74, 6) is 0. The zero-order chi connectivity index (χ0) is 39.8. The van der Waals surface area contributed by atoms with Gasteiger partial charge in [-0.15, -0.1) is 0 Å². The first-order chi connectivity index (χ1) is 29.8. The largest absolute Gasteiger partial charge is 0.310 e.